The average molecular weight is 333 g/mol. The summed E-state index contributed by atoms with van der Waals surface area (Å²) < 4.78 is 7.80. The van der Waals surface area contributed by atoms with Crippen LogP contribution in [0.1, 0.15) is 12.8 Å². The molecule has 6 heteroatoms. The summed E-state index contributed by atoms with van der Waals surface area (Å²) in [7, 11) is -1.06. The first-order chi connectivity index (χ1) is 10.9. The van der Waals surface area contributed by atoms with Crippen LogP contribution in [0, 0.1) is 5.92 Å². The fourth-order valence-electron chi connectivity index (χ4n) is 2.66. The van der Waals surface area contributed by atoms with E-state index in [0.29, 0.717) is 6.73 Å². The zero-order valence-corrected chi connectivity index (χ0v) is 15.5. The van der Waals surface area contributed by atoms with Gasteiger partial charge in [0.25, 0.3) is 0 Å². The molecule has 2 aromatic rings. The Kier molecular flexibility index (Phi) is 4.75. The van der Waals surface area contributed by atoms with Crippen LogP contribution < -0.4 is 10.9 Å². The van der Waals surface area contributed by atoms with Crippen LogP contribution in [0.4, 0.5) is 5.69 Å². The number of anilines is 1. The van der Waals surface area contributed by atoms with Crippen molar-refractivity contribution in [3.8, 4) is 0 Å². The van der Waals surface area contributed by atoms with Crippen molar-refractivity contribution in [3.63, 3.8) is 0 Å². The molecule has 3 rings (SSSR count). The molecule has 0 aliphatic heterocycles. The molecule has 1 aromatic carbocycles. The van der Waals surface area contributed by atoms with E-state index in [-0.39, 0.29) is 0 Å². The van der Waals surface area contributed by atoms with E-state index in [1.54, 1.807) is 0 Å². The molecule has 0 bridgehead atoms. The van der Waals surface area contributed by atoms with E-state index in [2.05, 4.69) is 36.9 Å². The van der Waals surface area contributed by atoms with Crippen molar-refractivity contribution in [2.24, 2.45) is 11.8 Å². The predicted molar refractivity (Wildman–Crippen MR) is 98.1 cm³/mol. The third-order valence-electron chi connectivity index (χ3n) is 4.31. The van der Waals surface area contributed by atoms with Crippen LogP contribution in [0.25, 0.3) is 10.9 Å². The summed E-state index contributed by atoms with van der Waals surface area (Å²) in [5, 5.41) is 7.48. The van der Waals surface area contributed by atoms with Crippen LogP contribution >= 0.6 is 0 Å². The largest absolute Gasteiger partial charge is 0.360 e. The zero-order chi connectivity index (χ0) is 16.4. The lowest BCUT2D eigenvalue weighted by Gasteiger charge is -2.20. The van der Waals surface area contributed by atoms with Crippen LogP contribution in [0.15, 0.2) is 24.4 Å². The topological polar surface area (TPSA) is 56.3 Å². The Hall–Kier alpha value is -1.37. The molecule has 0 amide bonds. The molecule has 1 aliphatic rings. The second-order valence-corrected chi connectivity index (χ2v) is 13.4. The molecule has 1 heterocycles. The van der Waals surface area contributed by atoms with E-state index in [1.807, 2.05) is 22.0 Å². The molecular formula is C17H28N4OSi. The Morgan fingerprint density at radius 2 is 2.13 bits per heavy atom. The van der Waals surface area contributed by atoms with Crippen molar-refractivity contribution in [1.29, 1.82) is 0 Å². The van der Waals surface area contributed by atoms with E-state index < -0.39 is 8.07 Å². The van der Waals surface area contributed by atoms with Gasteiger partial charge in [-0.05, 0) is 30.9 Å². The number of benzene rings is 1. The molecule has 126 valence electrons. The van der Waals surface area contributed by atoms with E-state index >= 15 is 0 Å². The van der Waals surface area contributed by atoms with Crippen LogP contribution in [0.5, 0.6) is 0 Å². The van der Waals surface area contributed by atoms with Crippen LogP contribution in [0.2, 0.25) is 25.7 Å². The van der Waals surface area contributed by atoms with Gasteiger partial charge in [-0.2, -0.15) is 5.10 Å². The number of rotatable bonds is 8. The van der Waals surface area contributed by atoms with Gasteiger partial charge < -0.3 is 9.75 Å². The highest BCUT2D eigenvalue weighted by molar-refractivity contribution is 6.76. The van der Waals surface area contributed by atoms with E-state index in [9.17, 15) is 0 Å². The van der Waals surface area contributed by atoms with Gasteiger partial charge in [0, 0.05) is 26.6 Å². The molecule has 0 radical (unpaired) electrons. The SMILES string of the molecule is C[Si](C)(C)CCOCn1ncc2cccc(N(N)CC3CC3)c21. The van der Waals surface area contributed by atoms with Crippen molar-refractivity contribution in [2.45, 2.75) is 45.3 Å². The molecule has 1 saturated carbocycles. The van der Waals surface area contributed by atoms with Gasteiger partial charge in [-0.25, -0.2) is 10.5 Å². The second kappa shape index (κ2) is 6.63. The number of ether oxygens (including phenoxy) is 1. The Labute approximate surface area is 139 Å². The molecule has 1 fully saturated rings. The quantitative estimate of drug-likeness (QED) is 0.348. The first-order valence-corrected chi connectivity index (χ1v) is 12.2. The average Bonchev–Trinajstić information content (AvgIpc) is 3.20. The molecule has 0 saturated heterocycles. The number of hydrazine groups is 1. The summed E-state index contributed by atoms with van der Waals surface area (Å²) in [6, 6.07) is 7.37. The van der Waals surface area contributed by atoms with Crippen molar-refractivity contribution in [2.75, 3.05) is 18.2 Å². The molecule has 0 unspecified atom stereocenters. The summed E-state index contributed by atoms with van der Waals surface area (Å²) in [6.07, 6.45) is 4.48. The summed E-state index contributed by atoms with van der Waals surface area (Å²) >= 11 is 0. The number of para-hydroxylation sites is 1. The maximum absolute atomic E-state index is 6.30. The van der Waals surface area contributed by atoms with Gasteiger partial charge >= 0.3 is 0 Å². The number of fused-ring (bicyclic) bond motifs is 1. The lowest BCUT2D eigenvalue weighted by Crippen LogP contribution is -2.33. The number of hydrogen-bond donors (Lipinski definition) is 1. The van der Waals surface area contributed by atoms with Crippen molar-refractivity contribution < 1.29 is 4.74 Å². The number of aromatic nitrogens is 2. The lowest BCUT2D eigenvalue weighted by atomic mass is 10.2. The highest BCUT2D eigenvalue weighted by Crippen LogP contribution is 2.32. The Balaban J connectivity index is 1.72. The fraction of sp³-hybridized carbons (Fsp3) is 0.588. The third kappa shape index (κ3) is 4.34. The van der Waals surface area contributed by atoms with Gasteiger partial charge in [0.2, 0.25) is 0 Å². The molecule has 23 heavy (non-hydrogen) atoms. The summed E-state index contributed by atoms with van der Waals surface area (Å²) in [5.41, 5.74) is 2.12. The van der Waals surface area contributed by atoms with E-state index in [4.69, 9.17) is 10.6 Å². The minimum atomic E-state index is -1.06. The number of nitrogens with zero attached hydrogens (tertiary/aromatic N) is 3. The summed E-state index contributed by atoms with van der Waals surface area (Å²) in [4.78, 5) is 0. The predicted octanol–water partition coefficient (Wildman–Crippen LogP) is 3.44. The van der Waals surface area contributed by atoms with Gasteiger partial charge in [-0.1, -0.05) is 31.8 Å². The van der Waals surface area contributed by atoms with E-state index in [1.165, 1.54) is 18.9 Å². The third-order valence-corrected chi connectivity index (χ3v) is 6.02. The van der Waals surface area contributed by atoms with Gasteiger partial charge in [0.15, 0.2) is 0 Å². The second-order valence-electron chi connectivity index (χ2n) is 7.80. The molecule has 1 aliphatic carbocycles. The first-order valence-electron chi connectivity index (χ1n) is 8.48. The Morgan fingerprint density at radius 3 is 2.83 bits per heavy atom. The number of nitrogens with two attached hydrogens (primary N) is 1. The van der Waals surface area contributed by atoms with Crippen molar-refractivity contribution in [1.82, 2.24) is 9.78 Å². The van der Waals surface area contributed by atoms with Gasteiger partial charge in [-0.15, -0.1) is 0 Å². The smallest absolute Gasteiger partial charge is 0.140 e. The Bertz CT molecular complexity index is 660. The fourth-order valence-corrected chi connectivity index (χ4v) is 3.42. The minimum Gasteiger partial charge on any atom is -0.360 e. The standard InChI is InChI=1S/C17H28N4OSi/c1-23(2,3)10-9-22-13-21-17-15(11-19-21)5-4-6-16(17)20(18)12-14-7-8-14/h4-6,11,14H,7-10,12-13,18H2,1-3H3. The van der Waals surface area contributed by atoms with Gasteiger partial charge in [-0.3, -0.25) is 0 Å². The molecular weight excluding hydrogens is 304 g/mol. The van der Waals surface area contributed by atoms with Gasteiger partial charge in [0.05, 0.1) is 17.4 Å². The zero-order valence-electron chi connectivity index (χ0n) is 14.5. The maximum atomic E-state index is 6.30. The highest BCUT2D eigenvalue weighted by atomic mass is 28.3. The van der Waals surface area contributed by atoms with Crippen molar-refractivity contribution in [3.05, 3.63) is 24.4 Å². The lowest BCUT2D eigenvalue weighted by molar-refractivity contribution is 0.0817. The Morgan fingerprint density at radius 1 is 1.35 bits per heavy atom. The molecule has 1 aromatic heterocycles. The van der Waals surface area contributed by atoms with Gasteiger partial charge in [0.1, 0.15) is 6.73 Å². The molecule has 5 nitrogen and oxygen atoms in total. The summed E-state index contributed by atoms with van der Waals surface area (Å²) in [5.74, 6) is 7.05. The van der Waals surface area contributed by atoms with Crippen LogP contribution in [-0.4, -0.2) is 31.0 Å². The molecule has 0 spiro atoms. The molecule has 2 N–H and O–H groups in total. The van der Waals surface area contributed by atoms with Crippen LogP contribution in [0.3, 0.4) is 0 Å². The van der Waals surface area contributed by atoms with Crippen LogP contribution in [-0.2, 0) is 11.5 Å². The maximum Gasteiger partial charge on any atom is 0.140 e. The monoisotopic (exact) mass is 332 g/mol. The normalized spacial score (nSPS) is 15.3. The number of hydrogen-bond acceptors (Lipinski definition) is 4. The summed E-state index contributed by atoms with van der Waals surface area (Å²) in [6.45, 7) is 9.29. The highest BCUT2D eigenvalue weighted by Gasteiger charge is 2.24. The van der Waals surface area contributed by atoms with Crippen molar-refractivity contribution >= 4 is 24.7 Å². The molecule has 0 atom stereocenters. The van der Waals surface area contributed by atoms with E-state index in [0.717, 1.165) is 35.7 Å². The first kappa shape index (κ1) is 16.5. The minimum absolute atomic E-state index is 0.488.